The molecule has 0 saturated heterocycles. The Morgan fingerprint density at radius 3 is 1.63 bits per heavy atom. The van der Waals surface area contributed by atoms with E-state index in [1.807, 2.05) is 60.9 Å². The van der Waals surface area contributed by atoms with E-state index in [1.54, 1.807) is 0 Å². The van der Waals surface area contributed by atoms with E-state index in [0.29, 0.717) is 10.0 Å². The van der Waals surface area contributed by atoms with Crippen molar-refractivity contribution in [1.29, 1.82) is 0 Å². The van der Waals surface area contributed by atoms with Gasteiger partial charge in [-0.2, -0.15) is 0 Å². The molecule has 4 aromatic heterocycles. The minimum atomic E-state index is 0.713. The van der Waals surface area contributed by atoms with E-state index < -0.39 is 0 Å². The molecule has 0 aliphatic heterocycles. The number of nitrogens with zero attached hydrogens (tertiary/aromatic N) is 5. The Morgan fingerprint density at radius 2 is 1.16 bits per heavy atom. The summed E-state index contributed by atoms with van der Waals surface area (Å²) in [4.78, 5) is 12.0. The molecule has 0 radical (unpaired) electrons. The van der Waals surface area contributed by atoms with E-state index in [0.717, 1.165) is 83.8 Å². The smallest absolute Gasteiger partial charge is 0.151 e. The molecule has 7 nitrogen and oxygen atoms in total. The van der Waals surface area contributed by atoms with Gasteiger partial charge in [0.15, 0.2) is 11.6 Å². The summed E-state index contributed by atoms with van der Waals surface area (Å²) in [6.07, 6.45) is 6.15. The van der Waals surface area contributed by atoms with Crippen molar-refractivity contribution in [2.24, 2.45) is 0 Å². The van der Waals surface area contributed by atoms with E-state index in [9.17, 15) is 0 Å². The highest BCUT2D eigenvalue weighted by atomic mass is 35.5. The van der Waals surface area contributed by atoms with Gasteiger partial charge in [-0.15, -0.1) is 0 Å². The summed E-state index contributed by atoms with van der Waals surface area (Å²) in [7, 11) is 2.17. The molecule has 194 valence electrons. The maximum absolute atomic E-state index is 6.21. The first kappa shape index (κ1) is 24.8. The highest BCUT2D eigenvalue weighted by molar-refractivity contribution is 6.31. The molecule has 2 N–H and O–H groups in total. The van der Waals surface area contributed by atoms with Gasteiger partial charge in [-0.05, 0) is 93.6 Å². The lowest BCUT2D eigenvalue weighted by Gasteiger charge is -2.18. The van der Waals surface area contributed by atoms with E-state index in [1.165, 1.54) is 0 Å². The highest BCUT2D eigenvalue weighted by Crippen LogP contribution is 2.26. The van der Waals surface area contributed by atoms with Gasteiger partial charge in [0.25, 0.3) is 0 Å². The molecule has 0 saturated carbocycles. The Kier molecular flexibility index (Phi) is 6.98. The van der Waals surface area contributed by atoms with E-state index >= 15 is 0 Å². The minimum absolute atomic E-state index is 0.713. The molecule has 9 heteroatoms. The van der Waals surface area contributed by atoms with E-state index in [4.69, 9.17) is 33.2 Å². The average molecular weight is 547 g/mol. The third-order valence-electron chi connectivity index (χ3n) is 6.86. The number of nitrogens with one attached hydrogen (secondary N) is 2. The first-order valence-corrected chi connectivity index (χ1v) is 13.6. The molecule has 0 bridgehead atoms. The summed E-state index contributed by atoms with van der Waals surface area (Å²) in [5.74, 6) is 1.80. The van der Waals surface area contributed by atoms with Gasteiger partial charge in [-0.25, -0.2) is 9.97 Å². The van der Waals surface area contributed by atoms with Crippen molar-refractivity contribution in [2.75, 3.05) is 43.9 Å². The van der Waals surface area contributed by atoms with Gasteiger partial charge in [0.1, 0.15) is 0 Å². The summed E-state index contributed by atoms with van der Waals surface area (Å²) in [6.45, 7) is 3.72. The van der Waals surface area contributed by atoms with Crippen LogP contribution in [0.4, 0.5) is 11.6 Å². The van der Waals surface area contributed by atoms with Crippen molar-refractivity contribution in [3.8, 4) is 0 Å². The zero-order valence-electron chi connectivity index (χ0n) is 21.2. The van der Waals surface area contributed by atoms with E-state index in [2.05, 4.69) is 43.5 Å². The Bertz CT molecular complexity index is 1610. The number of hydrogen-bond acceptors (Lipinski definition) is 5. The first-order valence-electron chi connectivity index (χ1n) is 12.9. The van der Waals surface area contributed by atoms with Gasteiger partial charge in [-0.3, -0.25) is 0 Å². The van der Waals surface area contributed by atoms with Crippen molar-refractivity contribution >= 4 is 67.9 Å². The molecule has 2 aromatic carbocycles. The fraction of sp³-hybridized carbons (Fsp3) is 0.241. The molecule has 38 heavy (non-hydrogen) atoms. The fourth-order valence-corrected chi connectivity index (χ4v) is 5.31. The van der Waals surface area contributed by atoms with Crippen molar-refractivity contribution in [2.45, 2.75) is 12.8 Å². The van der Waals surface area contributed by atoms with Crippen molar-refractivity contribution in [3.63, 3.8) is 0 Å². The van der Waals surface area contributed by atoms with Crippen LogP contribution in [0.2, 0.25) is 10.0 Å². The third-order valence-corrected chi connectivity index (χ3v) is 7.33. The van der Waals surface area contributed by atoms with Gasteiger partial charge >= 0.3 is 0 Å². The van der Waals surface area contributed by atoms with Gasteiger partial charge in [0, 0.05) is 35.5 Å². The van der Waals surface area contributed by atoms with Crippen molar-refractivity contribution < 1.29 is 0 Å². The summed E-state index contributed by atoms with van der Waals surface area (Å²) >= 11 is 12.4. The second kappa shape index (κ2) is 10.7. The number of fused-ring (bicyclic) bond motifs is 6. The SMILES string of the molecule is CN(CCCNc1nc2ccc(Cl)cc2n2cccc12)CCCNc1nc2ccc(Cl)cc2n2cccc12. The first-order chi connectivity index (χ1) is 18.6. The maximum atomic E-state index is 6.21. The monoisotopic (exact) mass is 545 g/mol. The predicted octanol–water partition coefficient (Wildman–Crippen LogP) is 6.83. The molecular formula is C29H29Cl2N7. The molecular weight excluding hydrogens is 517 g/mol. The second-order valence-electron chi connectivity index (χ2n) is 9.58. The maximum Gasteiger partial charge on any atom is 0.151 e. The minimum Gasteiger partial charge on any atom is -0.368 e. The van der Waals surface area contributed by atoms with Gasteiger partial charge in [0.05, 0.1) is 33.1 Å². The molecule has 0 fully saturated rings. The number of aromatic nitrogens is 4. The van der Waals surface area contributed by atoms with Crippen LogP contribution in [0, 0.1) is 0 Å². The number of halogens is 2. The number of benzene rings is 2. The molecule has 6 aromatic rings. The molecule has 0 spiro atoms. The number of hydrogen-bond donors (Lipinski definition) is 2. The zero-order chi connectivity index (χ0) is 26.1. The third kappa shape index (κ3) is 4.97. The quantitative estimate of drug-likeness (QED) is 0.185. The van der Waals surface area contributed by atoms with Crippen LogP contribution < -0.4 is 10.6 Å². The van der Waals surface area contributed by atoms with Crippen LogP contribution >= 0.6 is 23.2 Å². The Hall–Kier alpha value is -3.52. The normalized spacial score (nSPS) is 11.9. The molecule has 0 aliphatic carbocycles. The molecule has 0 unspecified atom stereocenters. The van der Waals surface area contributed by atoms with Crippen LogP contribution in [0.25, 0.3) is 33.1 Å². The fourth-order valence-electron chi connectivity index (χ4n) is 4.98. The average Bonchev–Trinajstić information content (AvgIpc) is 3.60. The lowest BCUT2D eigenvalue weighted by Crippen LogP contribution is -2.24. The van der Waals surface area contributed by atoms with Gasteiger partial charge < -0.3 is 24.3 Å². The predicted molar refractivity (Wildman–Crippen MR) is 159 cm³/mol. The lowest BCUT2D eigenvalue weighted by molar-refractivity contribution is 0.331. The van der Waals surface area contributed by atoms with Crippen LogP contribution in [0.1, 0.15) is 12.8 Å². The number of anilines is 2. The summed E-state index contributed by atoms with van der Waals surface area (Å²) < 4.78 is 4.27. The molecule has 0 atom stereocenters. The van der Waals surface area contributed by atoms with Crippen LogP contribution in [0.15, 0.2) is 73.1 Å². The van der Waals surface area contributed by atoms with Gasteiger partial charge in [0.2, 0.25) is 0 Å². The zero-order valence-corrected chi connectivity index (χ0v) is 22.7. The highest BCUT2D eigenvalue weighted by Gasteiger charge is 2.10. The molecule has 0 aliphatic rings. The van der Waals surface area contributed by atoms with Crippen LogP contribution in [-0.2, 0) is 0 Å². The van der Waals surface area contributed by atoms with Crippen molar-refractivity contribution in [1.82, 2.24) is 23.7 Å². The van der Waals surface area contributed by atoms with Gasteiger partial charge in [-0.1, -0.05) is 23.2 Å². The van der Waals surface area contributed by atoms with E-state index in [-0.39, 0.29) is 0 Å². The Morgan fingerprint density at radius 1 is 0.684 bits per heavy atom. The molecule has 0 amide bonds. The van der Waals surface area contributed by atoms with Crippen LogP contribution in [-0.4, -0.2) is 56.9 Å². The molecule has 6 rings (SSSR count). The summed E-state index contributed by atoms with van der Waals surface area (Å²) in [5.41, 5.74) is 5.98. The largest absolute Gasteiger partial charge is 0.368 e. The molecule has 4 heterocycles. The van der Waals surface area contributed by atoms with Crippen LogP contribution in [0.3, 0.4) is 0 Å². The summed E-state index contributed by atoms with van der Waals surface area (Å²) in [5, 5.41) is 8.50. The lowest BCUT2D eigenvalue weighted by atomic mass is 10.3. The second-order valence-corrected chi connectivity index (χ2v) is 10.5. The number of rotatable bonds is 10. The standard InChI is InChI=1S/C29H29Cl2N7/c1-36(14-4-12-32-28-24-6-2-16-37(24)26-18-20(30)8-10-22(26)34-28)15-5-13-33-29-25-7-3-17-38(25)27-19-21(31)9-11-23(27)35-29/h2-3,6-11,16-19H,4-5,12-15H2,1H3,(H,32,34)(H,33,35). The Labute approximate surface area is 231 Å². The van der Waals surface area contributed by atoms with Crippen molar-refractivity contribution in [3.05, 3.63) is 83.1 Å². The Balaban J connectivity index is 0.995. The summed E-state index contributed by atoms with van der Waals surface area (Å²) in [6, 6.07) is 19.8. The van der Waals surface area contributed by atoms with Crippen LogP contribution in [0.5, 0.6) is 0 Å². The topological polar surface area (TPSA) is 61.9 Å².